The van der Waals surface area contributed by atoms with Crippen molar-refractivity contribution in [3.8, 4) is 5.75 Å². The Balaban J connectivity index is 0.00000400. The second kappa shape index (κ2) is 9.46. The molecule has 4 nitrogen and oxygen atoms in total. The summed E-state index contributed by atoms with van der Waals surface area (Å²) in [6.07, 6.45) is -3.38. The van der Waals surface area contributed by atoms with Gasteiger partial charge in [-0.05, 0) is 37.2 Å². The van der Waals surface area contributed by atoms with Gasteiger partial charge in [-0.25, -0.2) is 0 Å². The van der Waals surface area contributed by atoms with Crippen LogP contribution in [0.2, 0.25) is 0 Å². The number of nitrogens with two attached hydrogens (primary N) is 1. The predicted molar refractivity (Wildman–Crippen MR) is 75.5 cm³/mol. The predicted octanol–water partition coefficient (Wildman–Crippen LogP) is 2.36. The van der Waals surface area contributed by atoms with Crippen LogP contribution >= 0.6 is 12.4 Å². The minimum absolute atomic E-state index is 0. The van der Waals surface area contributed by atoms with Crippen molar-refractivity contribution in [2.24, 2.45) is 5.73 Å². The molecule has 0 aliphatic rings. The van der Waals surface area contributed by atoms with E-state index < -0.39 is 11.7 Å². The second-order valence-electron chi connectivity index (χ2n) is 4.11. The summed E-state index contributed by atoms with van der Waals surface area (Å²) in [5, 5.41) is 2.62. The molecular weight excluding hydrogens is 309 g/mol. The van der Waals surface area contributed by atoms with E-state index in [9.17, 15) is 18.0 Å². The number of benzene rings is 1. The molecule has 0 atom stereocenters. The third kappa shape index (κ3) is 7.77. The molecule has 120 valence electrons. The maximum Gasteiger partial charge on any atom is 0.416 e. The first kappa shape index (κ1) is 19.5. The van der Waals surface area contributed by atoms with Gasteiger partial charge >= 0.3 is 6.18 Å². The highest BCUT2D eigenvalue weighted by Gasteiger charge is 2.29. The van der Waals surface area contributed by atoms with Crippen molar-refractivity contribution >= 4 is 18.3 Å². The largest absolute Gasteiger partial charge is 0.492 e. The number of carbonyl (C=O) groups is 1. The monoisotopic (exact) mass is 326 g/mol. The summed E-state index contributed by atoms with van der Waals surface area (Å²) < 4.78 is 42.2. The van der Waals surface area contributed by atoms with E-state index in [0.29, 0.717) is 31.7 Å². The normalized spacial score (nSPS) is 10.7. The van der Waals surface area contributed by atoms with Crippen molar-refractivity contribution in [3.05, 3.63) is 29.8 Å². The minimum atomic E-state index is -4.35. The van der Waals surface area contributed by atoms with Crippen LogP contribution in [-0.4, -0.2) is 25.6 Å². The van der Waals surface area contributed by atoms with Gasteiger partial charge in [-0.3, -0.25) is 4.79 Å². The average molecular weight is 327 g/mol. The number of halogens is 4. The molecule has 0 bridgehead atoms. The number of ether oxygens (including phenoxy) is 1. The fourth-order valence-corrected chi connectivity index (χ4v) is 1.45. The van der Waals surface area contributed by atoms with Crippen molar-refractivity contribution in [1.82, 2.24) is 5.32 Å². The molecule has 21 heavy (non-hydrogen) atoms. The van der Waals surface area contributed by atoms with Crippen molar-refractivity contribution < 1.29 is 22.7 Å². The van der Waals surface area contributed by atoms with E-state index >= 15 is 0 Å². The van der Waals surface area contributed by atoms with Gasteiger partial charge in [0, 0.05) is 6.42 Å². The Morgan fingerprint density at radius 2 is 1.86 bits per heavy atom. The molecule has 0 saturated heterocycles. The fraction of sp³-hybridized carbons (Fsp3) is 0.462. The highest BCUT2D eigenvalue weighted by atomic mass is 35.5. The zero-order valence-corrected chi connectivity index (χ0v) is 12.1. The topological polar surface area (TPSA) is 64.4 Å². The third-order valence-electron chi connectivity index (χ3n) is 2.48. The summed E-state index contributed by atoms with van der Waals surface area (Å²) in [5.74, 6) is 0.209. The summed E-state index contributed by atoms with van der Waals surface area (Å²) in [7, 11) is 0. The van der Waals surface area contributed by atoms with Crippen LogP contribution < -0.4 is 15.8 Å². The molecular formula is C13H18ClF3N2O2. The Morgan fingerprint density at radius 3 is 2.38 bits per heavy atom. The molecule has 0 fully saturated rings. The van der Waals surface area contributed by atoms with Crippen LogP contribution in [0.4, 0.5) is 13.2 Å². The molecule has 0 saturated carbocycles. The lowest BCUT2D eigenvalue weighted by Gasteiger charge is -2.09. The molecule has 1 aromatic carbocycles. The van der Waals surface area contributed by atoms with E-state index in [1.165, 1.54) is 12.1 Å². The SMILES string of the molecule is Cl.NCCCC(=O)NCCOc1ccc(C(F)(F)F)cc1. The third-order valence-corrected chi connectivity index (χ3v) is 2.48. The van der Waals surface area contributed by atoms with Gasteiger partial charge in [-0.15, -0.1) is 12.4 Å². The summed E-state index contributed by atoms with van der Waals surface area (Å²) in [6, 6.07) is 4.41. The second-order valence-corrected chi connectivity index (χ2v) is 4.11. The molecule has 1 rings (SSSR count). The Hall–Kier alpha value is -1.47. The van der Waals surface area contributed by atoms with Crippen LogP contribution in [-0.2, 0) is 11.0 Å². The maximum absolute atomic E-state index is 12.3. The Bertz CT molecular complexity index is 424. The van der Waals surface area contributed by atoms with Gasteiger partial charge in [-0.2, -0.15) is 13.2 Å². The standard InChI is InChI=1S/C13H17F3N2O2.ClH/c14-13(15,16)10-3-5-11(6-4-10)20-9-8-18-12(19)2-1-7-17;/h3-6H,1-2,7-9,17H2,(H,18,19);1H. The fourth-order valence-electron chi connectivity index (χ4n) is 1.45. The highest BCUT2D eigenvalue weighted by molar-refractivity contribution is 5.85. The first-order chi connectivity index (χ1) is 9.43. The van der Waals surface area contributed by atoms with Crippen LogP contribution in [0.3, 0.4) is 0 Å². The molecule has 0 heterocycles. The number of carbonyl (C=O) groups excluding carboxylic acids is 1. The molecule has 1 aromatic rings. The Labute approximate surface area is 127 Å². The minimum Gasteiger partial charge on any atom is -0.492 e. The summed E-state index contributed by atoms with van der Waals surface area (Å²) in [5.41, 5.74) is 4.54. The van der Waals surface area contributed by atoms with Crippen LogP contribution in [0.1, 0.15) is 18.4 Å². The van der Waals surface area contributed by atoms with Gasteiger partial charge < -0.3 is 15.8 Å². The number of rotatable bonds is 7. The van der Waals surface area contributed by atoms with E-state index in [0.717, 1.165) is 12.1 Å². The number of amides is 1. The van der Waals surface area contributed by atoms with Gasteiger partial charge in [0.05, 0.1) is 12.1 Å². The first-order valence-corrected chi connectivity index (χ1v) is 6.20. The maximum atomic E-state index is 12.3. The molecule has 3 N–H and O–H groups in total. The van der Waals surface area contributed by atoms with E-state index in [-0.39, 0.29) is 24.9 Å². The lowest BCUT2D eigenvalue weighted by Crippen LogP contribution is -2.28. The van der Waals surface area contributed by atoms with Gasteiger partial charge in [-0.1, -0.05) is 0 Å². The molecule has 0 aliphatic heterocycles. The quantitative estimate of drug-likeness (QED) is 0.756. The first-order valence-electron chi connectivity index (χ1n) is 6.20. The van der Waals surface area contributed by atoms with Gasteiger partial charge in [0.25, 0.3) is 0 Å². The van der Waals surface area contributed by atoms with Crippen molar-refractivity contribution in [2.75, 3.05) is 19.7 Å². The number of hydrogen-bond donors (Lipinski definition) is 2. The zero-order valence-electron chi connectivity index (χ0n) is 11.3. The Kier molecular flexibility index (Phi) is 8.80. The van der Waals surface area contributed by atoms with E-state index in [1.54, 1.807) is 0 Å². The highest BCUT2D eigenvalue weighted by Crippen LogP contribution is 2.30. The molecule has 0 radical (unpaired) electrons. The number of alkyl halides is 3. The van der Waals surface area contributed by atoms with Crippen LogP contribution in [0.5, 0.6) is 5.75 Å². The van der Waals surface area contributed by atoms with Gasteiger partial charge in [0.2, 0.25) is 5.91 Å². The molecule has 0 unspecified atom stereocenters. The lowest BCUT2D eigenvalue weighted by molar-refractivity contribution is -0.137. The van der Waals surface area contributed by atoms with Crippen molar-refractivity contribution in [3.63, 3.8) is 0 Å². The van der Waals surface area contributed by atoms with Crippen molar-refractivity contribution in [2.45, 2.75) is 19.0 Å². The molecule has 0 spiro atoms. The average Bonchev–Trinajstić information content (AvgIpc) is 2.41. The lowest BCUT2D eigenvalue weighted by atomic mass is 10.2. The van der Waals surface area contributed by atoms with E-state index in [4.69, 9.17) is 10.5 Å². The summed E-state index contributed by atoms with van der Waals surface area (Å²) in [4.78, 5) is 11.2. The smallest absolute Gasteiger partial charge is 0.416 e. The molecule has 8 heteroatoms. The van der Waals surface area contributed by atoms with Crippen LogP contribution in [0.25, 0.3) is 0 Å². The number of hydrogen-bond acceptors (Lipinski definition) is 3. The molecule has 0 aliphatic carbocycles. The molecule has 0 aromatic heterocycles. The Morgan fingerprint density at radius 1 is 1.24 bits per heavy atom. The van der Waals surface area contributed by atoms with Crippen LogP contribution in [0, 0.1) is 0 Å². The van der Waals surface area contributed by atoms with Gasteiger partial charge in [0.15, 0.2) is 0 Å². The number of nitrogens with one attached hydrogen (secondary N) is 1. The molecule has 1 amide bonds. The van der Waals surface area contributed by atoms with E-state index in [2.05, 4.69) is 5.32 Å². The van der Waals surface area contributed by atoms with Crippen molar-refractivity contribution in [1.29, 1.82) is 0 Å². The van der Waals surface area contributed by atoms with Gasteiger partial charge in [0.1, 0.15) is 12.4 Å². The summed E-state index contributed by atoms with van der Waals surface area (Å²) >= 11 is 0. The van der Waals surface area contributed by atoms with E-state index in [1.807, 2.05) is 0 Å². The summed E-state index contributed by atoms with van der Waals surface area (Å²) in [6.45, 7) is 0.944. The zero-order chi connectivity index (χ0) is 15.0. The van der Waals surface area contributed by atoms with Crippen LogP contribution in [0.15, 0.2) is 24.3 Å².